The topological polar surface area (TPSA) is 45.3 Å². The fourth-order valence-electron chi connectivity index (χ4n) is 0.0603. The second-order valence-corrected chi connectivity index (χ2v) is 1.06. The molecule has 0 atom stereocenters. The van der Waals surface area contributed by atoms with Gasteiger partial charge in [-0.2, -0.15) is 9.78 Å². The van der Waals surface area contributed by atoms with E-state index in [0.717, 1.165) is 0 Å². The first-order valence-corrected chi connectivity index (χ1v) is 1.30. The second kappa shape index (κ2) is 3.05. The van der Waals surface area contributed by atoms with Crippen molar-refractivity contribution in [1.29, 1.82) is 0 Å². The van der Waals surface area contributed by atoms with E-state index < -0.39 is 5.97 Å². The zero-order chi connectivity index (χ0) is 3.91. The Balaban J connectivity index is 0. The van der Waals surface area contributed by atoms with Crippen LogP contribution in [0.25, 0.3) is 0 Å². The van der Waals surface area contributed by atoms with Crippen molar-refractivity contribution in [1.82, 2.24) is 0 Å². The largest absolute Gasteiger partial charge is 0.340 e. The minimum atomic E-state index is -1.25. The van der Waals surface area contributed by atoms with Gasteiger partial charge in [0.2, 0.25) is 0 Å². The first-order valence-electron chi connectivity index (χ1n) is 1.30. The molecular weight excluding hydrogens is 182 g/mol. The third kappa shape index (κ3) is 4.78. The van der Waals surface area contributed by atoms with Crippen molar-refractivity contribution in [3.8, 4) is 0 Å². The summed E-state index contributed by atoms with van der Waals surface area (Å²) in [6.07, 6.45) is 0. The fraction of sp³-hybridized carbons (Fsp3) is 1.00. The molecular formula is C2H4Mn2O3. The average Bonchev–Trinajstić information content (AvgIpc) is 1.76. The van der Waals surface area contributed by atoms with Crippen LogP contribution >= 0.6 is 0 Å². The van der Waals surface area contributed by atoms with Crippen molar-refractivity contribution in [2.75, 3.05) is 0 Å². The summed E-state index contributed by atoms with van der Waals surface area (Å²) in [5, 5.41) is 8.19. The molecule has 0 aliphatic carbocycles. The van der Waals surface area contributed by atoms with Crippen molar-refractivity contribution in [3.05, 3.63) is 0 Å². The van der Waals surface area contributed by atoms with Crippen LogP contribution in [0.1, 0.15) is 6.92 Å². The smallest absolute Gasteiger partial charge is 0.334 e. The Bertz CT molecular complexity index is 48.9. The summed E-state index contributed by atoms with van der Waals surface area (Å²) in [5.41, 5.74) is 0. The van der Waals surface area contributed by atoms with Crippen LogP contribution in [0.4, 0.5) is 0 Å². The summed E-state index contributed by atoms with van der Waals surface area (Å²) in [5.74, 6) is -1.25. The van der Waals surface area contributed by atoms with Gasteiger partial charge < -0.3 is 5.11 Å². The molecule has 1 aliphatic heterocycles. The standard InChI is InChI=1S/C2H4O3.2Mn/c1-2(3)4-5-2;;/h3H,1H3;;. The Kier molecular flexibility index (Phi) is 4.71. The van der Waals surface area contributed by atoms with Gasteiger partial charge in [0.25, 0.3) is 0 Å². The summed E-state index contributed by atoms with van der Waals surface area (Å²) in [4.78, 5) is 7.90. The van der Waals surface area contributed by atoms with Crippen LogP contribution in [-0.4, -0.2) is 11.1 Å². The molecule has 3 nitrogen and oxygen atoms in total. The molecule has 2 radical (unpaired) electrons. The first kappa shape index (κ1) is 10.8. The maximum Gasteiger partial charge on any atom is 0.334 e. The molecule has 0 amide bonds. The third-order valence-electron chi connectivity index (χ3n) is 0.325. The van der Waals surface area contributed by atoms with Crippen molar-refractivity contribution in [2.24, 2.45) is 0 Å². The predicted octanol–water partition coefficient (Wildman–Crippen LogP) is -0.391. The van der Waals surface area contributed by atoms with E-state index in [1.807, 2.05) is 0 Å². The van der Waals surface area contributed by atoms with E-state index in [0.29, 0.717) is 0 Å². The molecule has 0 aromatic carbocycles. The zero-order valence-corrected chi connectivity index (χ0v) is 5.88. The molecule has 44 valence electrons. The summed E-state index contributed by atoms with van der Waals surface area (Å²) < 4.78 is 0. The normalized spacial score (nSPS) is 21.4. The fourth-order valence-corrected chi connectivity index (χ4v) is 0.0603. The van der Waals surface area contributed by atoms with Gasteiger partial charge in [0.15, 0.2) is 0 Å². The Morgan fingerprint density at radius 2 is 1.43 bits per heavy atom. The van der Waals surface area contributed by atoms with Crippen LogP contribution in [-0.2, 0) is 43.9 Å². The summed E-state index contributed by atoms with van der Waals surface area (Å²) in [6.45, 7) is 1.41. The molecule has 1 saturated heterocycles. The Labute approximate surface area is 62.2 Å². The molecule has 0 saturated carbocycles. The maximum absolute atomic E-state index is 8.19. The van der Waals surface area contributed by atoms with Crippen LogP contribution in [0.2, 0.25) is 0 Å². The molecule has 1 rings (SSSR count). The van der Waals surface area contributed by atoms with Crippen LogP contribution < -0.4 is 0 Å². The summed E-state index contributed by atoms with van der Waals surface area (Å²) in [6, 6.07) is 0. The molecule has 0 unspecified atom stereocenters. The minimum Gasteiger partial charge on any atom is -0.340 e. The van der Waals surface area contributed by atoms with Gasteiger partial charge in [-0.05, 0) is 0 Å². The van der Waals surface area contributed by atoms with Gasteiger partial charge >= 0.3 is 5.97 Å². The van der Waals surface area contributed by atoms with Crippen molar-refractivity contribution in [3.63, 3.8) is 0 Å². The molecule has 1 aliphatic rings. The van der Waals surface area contributed by atoms with E-state index in [9.17, 15) is 0 Å². The Morgan fingerprint density at radius 1 is 1.29 bits per heavy atom. The molecule has 0 aromatic rings. The third-order valence-corrected chi connectivity index (χ3v) is 0.325. The molecule has 1 N–H and O–H groups in total. The van der Waals surface area contributed by atoms with Crippen LogP contribution in [0.3, 0.4) is 0 Å². The number of rotatable bonds is 0. The van der Waals surface area contributed by atoms with Gasteiger partial charge in [-0.3, -0.25) is 0 Å². The average molecular weight is 186 g/mol. The van der Waals surface area contributed by atoms with E-state index in [4.69, 9.17) is 5.11 Å². The van der Waals surface area contributed by atoms with Gasteiger partial charge in [-0.1, -0.05) is 0 Å². The van der Waals surface area contributed by atoms with Crippen LogP contribution in [0.5, 0.6) is 0 Å². The predicted molar refractivity (Wildman–Crippen MR) is 12.8 cm³/mol. The van der Waals surface area contributed by atoms with Gasteiger partial charge in [0.05, 0.1) is 0 Å². The molecule has 0 aromatic heterocycles. The molecule has 5 heteroatoms. The van der Waals surface area contributed by atoms with E-state index in [1.165, 1.54) is 6.92 Å². The van der Waals surface area contributed by atoms with Crippen molar-refractivity contribution >= 4 is 0 Å². The molecule has 7 heavy (non-hydrogen) atoms. The monoisotopic (exact) mass is 186 g/mol. The maximum atomic E-state index is 8.19. The number of aliphatic hydroxyl groups is 1. The van der Waals surface area contributed by atoms with Crippen molar-refractivity contribution < 1.29 is 49.0 Å². The van der Waals surface area contributed by atoms with Gasteiger partial charge in [-0.25, -0.2) is 0 Å². The summed E-state index contributed by atoms with van der Waals surface area (Å²) >= 11 is 0. The van der Waals surface area contributed by atoms with Gasteiger partial charge in [0, 0.05) is 41.1 Å². The molecule has 0 spiro atoms. The van der Waals surface area contributed by atoms with E-state index in [2.05, 4.69) is 9.78 Å². The van der Waals surface area contributed by atoms with Gasteiger partial charge in [-0.15, -0.1) is 0 Å². The Morgan fingerprint density at radius 3 is 1.43 bits per heavy atom. The van der Waals surface area contributed by atoms with E-state index in [1.54, 1.807) is 0 Å². The SMILES string of the molecule is CC1(O)OO1.[Mn].[Mn]. The second-order valence-electron chi connectivity index (χ2n) is 1.06. The number of hydrogen-bond donors (Lipinski definition) is 1. The van der Waals surface area contributed by atoms with Gasteiger partial charge in [0.1, 0.15) is 0 Å². The van der Waals surface area contributed by atoms with Crippen LogP contribution in [0, 0.1) is 0 Å². The Hall–Kier alpha value is 0.919. The van der Waals surface area contributed by atoms with Crippen LogP contribution in [0.15, 0.2) is 0 Å². The molecule has 0 bridgehead atoms. The number of hydrogen-bond acceptors (Lipinski definition) is 3. The quantitative estimate of drug-likeness (QED) is 0.318. The van der Waals surface area contributed by atoms with E-state index >= 15 is 0 Å². The summed E-state index contributed by atoms with van der Waals surface area (Å²) in [7, 11) is 0. The van der Waals surface area contributed by atoms with E-state index in [-0.39, 0.29) is 34.1 Å². The molecule has 1 fully saturated rings. The molecule has 1 heterocycles. The zero-order valence-electron chi connectivity index (χ0n) is 3.52. The first-order chi connectivity index (χ1) is 2.21. The minimum absolute atomic E-state index is 0. The van der Waals surface area contributed by atoms with Crippen molar-refractivity contribution in [2.45, 2.75) is 12.9 Å².